The third-order valence-corrected chi connectivity index (χ3v) is 6.34. The van der Waals surface area contributed by atoms with Gasteiger partial charge in [-0.1, -0.05) is 41.4 Å². The van der Waals surface area contributed by atoms with Gasteiger partial charge in [0.2, 0.25) is 5.91 Å². The van der Waals surface area contributed by atoms with Crippen molar-refractivity contribution in [3.8, 4) is 0 Å². The molecule has 2 N–H and O–H groups in total. The second-order valence-corrected chi connectivity index (χ2v) is 8.11. The van der Waals surface area contributed by atoms with Gasteiger partial charge in [-0.25, -0.2) is 8.78 Å². The predicted octanol–water partition coefficient (Wildman–Crippen LogP) is 4.86. The van der Waals surface area contributed by atoms with Gasteiger partial charge >= 0.3 is 0 Å². The van der Waals surface area contributed by atoms with E-state index >= 15 is 0 Å². The average molecular weight is 454 g/mol. The number of H-pyrrole nitrogens is 1. The molecule has 2 heterocycles. The maximum atomic E-state index is 13.2. The van der Waals surface area contributed by atoms with Crippen LogP contribution >= 0.6 is 23.2 Å². The van der Waals surface area contributed by atoms with E-state index in [4.69, 9.17) is 23.2 Å². The summed E-state index contributed by atoms with van der Waals surface area (Å²) in [6, 6.07) is 8.06. The Morgan fingerprint density at radius 1 is 1.33 bits per heavy atom. The van der Waals surface area contributed by atoms with Crippen molar-refractivity contribution in [1.82, 2.24) is 15.1 Å². The lowest BCUT2D eigenvalue weighted by Gasteiger charge is -2.37. The summed E-state index contributed by atoms with van der Waals surface area (Å²) in [5.41, 5.74) is 2.95. The maximum absolute atomic E-state index is 13.2. The van der Waals surface area contributed by atoms with Crippen molar-refractivity contribution in [1.29, 1.82) is 0 Å². The number of alkyl halides is 2. The van der Waals surface area contributed by atoms with E-state index in [0.29, 0.717) is 40.0 Å². The molecule has 9 heteroatoms. The van der Waals surface area contributed by atoms with Gasteiger partial charge in [-0.3, -0.25) is 9.89 Å². The molecule has 0 saturated carbocycles. The van der Waals surface area contributed by atoms with Crippen molar-refractivity contribution < 1.29 is 18.7 Å². The number of nitrogens with zero attached hydrogens (tertiary/aromatic N) is 2. The molecule has 0 aliphatic carbocycles. The molecule has 2 atom stereocenters. The second-order valence-electron chi connectivity index (χ2n) is 7.35. The highest BCUT2D eigenvalue weighted by Gasteiger charge is 2.32. The van der Waals surface area contributed by atoms with Crippen LogP contribution in [0.5, 0.6) is 0 Å². The topological polar surface area (TPSA) is 69.2 Å². The summed E-state index contributed by atoms with van der Waals surface area (Å²) >= 11 is 12.5. The van der Waals surface area contributed by atoms with E-state index in [1.807, 2.05) is 13.0 Å². The molecule has 1 aliphatic heterocycles. The number of hydrogen-bond acceptors (Lipinski definition) is 3. The minimum Gasteiger partial charge on any atom is -0.382 e. The molecule has 0 bridgehead atoms. The van der Waals surface area contributed by atoms with Crippen LogP contribution in [-0.2, 0) is 17.6 Å². The molecule has 1 amide bonds. The van der Waals surface area contributed by atoms with Crippen molar-refractivity contribution in [2.75, 3.05) is 6.54 Å². The summed E-state index contributed by atoms with van der Waals surface area (Å²) in [6.45, 7) is 2.20. The molecule has 0 saturated heterocycles. The van der Waals surface area contributed by atoms with Crippen molar-refractivity contribution in [2.24, 2.45) is 0 Å². The number of hydrogen-bond donors (Lipinski definition) is 2. The Bertz CT molecular complexity index is 1120. The lowest BCUT2D eigenvalue weighted by Crippen LogP contribution is -2.40. The van der Waals surface area contributed by atoms with Gasteiger partial charge in [0.25, 0.3) is 6.43 Å². The molecule has 1 aromatic heterocycles. The summed E-state index contributed by atoms with van der Waals surface area (Å²) in [5.74, 6) is -0.153. The standard InChI is InChI=1S/C21H19Cl2F2N3O2/c1-10-11-3-2-4-13(19(30)21(24)25)12(11)7-8-28(10)17(29)9-14-15(22)5-6-16-18(14)20(23)27-26-16/h2-6,10,19,21,30H,7-9H2,1H3,(H,26,27)/t10-,19-/m0/s1. The molecule has 30 heavy (non-hydrogen) atoms. The van der Waals surface area contributed by atoms with Crippen LogP contribution in [0, 0.1) is 0 Å². The molecular weight excluding hydrogens is 435 g/mol. The number of aromatic amines is 1. The van der Waals surface area contributed by atoms with Crippen LogP contribution in [-0.4, -0.2) is 39.1 Å². The highest BCUT2D eigenvalue weighted by Crippen LogP contribution is 2.36. The first-order valence-corrected chi connectivity index (χ1v) is 10.2. The summed E-state index contributed by atoms with van der Waals surface area (Å²) in [6.07, 6.45) is -4.28. The Morgan fingerprint density at radius 3 is 2.83 bits per heavy atom. The van der Waals surface area contributed by atoms with Gasteiger partial charge in [-0.05, 0) is 47.7 Å². The largest absolute Gasteiger partial charge is 0.382 e. The van der Waals surface area contributed by atoms with E-state index in [9.17, 15) is 18.7 Å². The number of benzene rings is 2. The second kappa shape index (κ2) is 8.13. The monoisotopic (exact) mass is 453 g/mol. The highest BCUT2D eigenvalue weighted by atomic mass is 35.5. The van der Waals surface area contributed by atoms with Crippen molar-refractivity contribution in [3.05, 3.63) is 62.8 Å². The molecule has 2 aromatic carbocycles. The number of fused-ring (bicyclic) bond motifs is 2. The minimum atomic E-state index is -2.87. The number of aliphatic hydroxyl groups excluding tert-OH is 1. The Kier molecular flexibility index (Phi) is 5.70. The van der Waals surface area contributed by atoms with Crippen LogP contribution in [0.1, 0.15) is 41.3 Å². The summed E-state index contributed by atoms with van der Waals surface area (Å²) in [5, 5.41) is 17.9. The smallest absolute Gasteiger partial charge is 0.268 e. The van der Waals surface area contributed by atoms with Gasteiger partial charge in [0.15, 0.2) is 5.15 Å². The number of carbonyl (C=O) groups is 1. The van der Waals surface area contributed by atoms with E-state index in [1.165, 1.54) is 6.07 Å². The Morgan fingerprint density at radius 2 is 2.10 bits per heavy atom. The number of halogens is 4. The van der Waals surface area contributed by atoms with Gasteiger partial charge < -0.3 is 10.0 Å². The van der Waals surface area contributed by atoms with E-state index in [0.717, 1.165) is 5.56 Å². The fourth-order valence-electron chi connectivity index (χ4n) is 4.19. The SMILES string of the molecule is C[C@H]1c2cccc([C@H](O)C(F)F)c2CCN1C(=O)Cc1c(Cl)ccc2[nH]nc(Cl)c12. The zero-order valence-electron chi connectivity index (χ0n) is 16.0. The summed E-state index contributed by atoms with van der Waals surface area (Å²) in [7, 11) is 0. The molecular formula is C21H19Cl2F2N3O2. The molecule has 3 aromatic rings. The third-order valence-electron chi connectivity index (χ3n) is 5.71. The number of amides is 1. The van der Waals surface area contributed by atoms with E-state index < -0.39 is 12.5 Å². The molecule has 158 valence electrons. The van der Waals surface area contributed by atoms with Gasteiger partial charge in [0.05, 0.1) is 18.0 Å². The number of nitrogens with one attached hydrogen (secondary N) is 1. The Balaban J connectivity index is 1.63. The Hall–Kier alpha value is -2.22. The maximum Gasteiger partial charge on any atom is 0.268 e. The quantitative estimate of drug-likeness (QED) is 0.592. The van der Waals surface area contributed by atoms with Crippen LogP contribution in [0.25, 0.3) is 10.9 Å². The molecule has 0 radical (unpaired) electrons. The van der Waals surface area contributed by atoms with E-state index in [2.05, 4.69) is 10.2 Å². The molecule has 0 fully saturated rings. The van der Waals surface area contributed by atoms with Gasteiger partial charge in [0.1, 0.15) is 6.10 Å². The van der Waals surface area contributed by atoms with Gasteiger partial charge in [0, 0.05) is 17.0 Å². The number of aliphatic hydroxyl groups is 1. The van der Waals surface area contributed by atoms with Crippen LogP contribution in [0.3, 0.4) is 0 Å². The molecule has 5 nitrogen and oxygen atoms in total. The first-order valence-electron chi connectivity index (χ1n) is 9.48. The zero-order valence-corrected chi connectivity index (χ0v) is 17.5. The number of aromatic nitrogens is 2. The number of rotatable bonds is 4. The fourth-order valence-corrected chi connectivity index (χ4v) is 4.68. The van der Waals surface area contributed by atoms with Crippen LogP contribution in [0.4, 0.5) is 8.78 Å². The normalized spacial score (nSPS) is 17.4. The molecule has 0 unspecified atom stereocenters. The van der Waals surface area contributed by atoms with Crippen molar-refractivity contribution in [2.45, 2.75) is 38.3 Å². The number of carbonyl (C=O) groups excluding carboxylic acids is 1. The summed E-state index contributed by atoms with van der Waals surface area (Å²) in [4.78, 5) is 14.9. The fraction of sp³-hybridized carbons (Fsp3) is 0.333. The van der Waals surface area contributed by atoms with E-state index in [-0.39, 0.29) is 29.1 Å². The molecule has 0 spiro atoms. The summed E-state index contributed by atoms with van der Waals surface area (Å²) < 4.78 is 26.1. The molecule has 1 aliphatic rings. The van der Waals surface area contributed by atoms with Crippen LogP contribution < -0.4 is 0 Å². The average Bonchev–Trinajstić information content (AvgIpc) is 3.10. The Labute approximate surface area is 181 Å². The lowest BCUT2D eigenvalue weighted by atomic mass is 9.87. The van der Waals surface area contributed by atoms with Gasteiger partial charge in [-0.15, -0.1) is 0 Å². The lowest BCUT2D eigenvalue weighted by molar-refractivity contribution is -0.133. The molecule has 4 rings (SSSR count). The highest BCUT2D eigenvalue weighted by molar-refractivity contribution is 6.37. The first kappa shape index (κ1) is 21.0. The van der Waals surface area contributed by atoms with Crippen LogP contribution in [0.2, 0.25) is 10.2 Å². The van der Waals surface area contributed by atoms with Crippen LogP contribution in [0.15, 0.2) is 30.3 Å². The van der Waals surface area contributed by atoms with Gasteiger partial charge in [-0.2, -0.15) is 5.10 Å². The minimum absolute atomic E-state index is 0.0362. The van der Waals surface area contributed by atoms with Crippen molar-refractivity contribution in [3.63, 3.8) is 0 Å². The predicted molar refractivity (Wildman–Crippen MR) is 111 cm³/mol. The third kappa shape index (κ3) is 3.55. The van der Waals surface area contributed by atoms with E-state index in [1.54, 1.807) is 23.1 Å². The van der Waals surface area contributed by atoms with Crippen molar-refractivity contribution >= 4 is 40.0 Å². The zero-order chi connectivity index (χ0) is 21.6. The first-order chi connectivity index (χ1) is 14.3.